The Morgan fingerprint density at radius 2 is 2.22 bits per heavy atom. The zero-order chi connectivity index (χ0) is 13.0. The van der Waals surface area contributed by atoms with Gasteiger partial charge in [-0.15, -0.1) is 0 Å². The van der Waals surface area contributed by atoms with Crippen LogP contribution in [0, 0.1) is 10.1 Å². The number of hydrogen-bond acceptors (Lipinski definition) is 6. The first-order valence-corrected chi connectivity index (χ1v) is 5.71. The summed E-state index contributed by atoms with van der Waals surface area (Å²) in [5.41, 5.74) is -0.0185. The number of ether oxygens (including phenoxy) is 2. The number of rotatable bonds is 5. The smallest absolute Gasteiger partial charge is 0.287 e. The molecular formula is C11H15N3O4. The van der Waals surface area contributed by atoms with Crippen molar-refractivity contribution in [3.8, 4) is 0 Å². The van der Waals surface area contributed by atoms with E-state index >= 15 is 0 Å². The van der Waals surface area contributed by atoms with Gasteiger partial charge in [0.2, 0.25) is 0 Å². The predicted octanol–water partition coefficient (Wildman–Crippen LogP) is 1.55. The first kappa shape index (κ1) is 12.7. The Hall–Kier alpha value is -1.73. The molecule has 7 heteroatoms. The second kappa shape index (κ2) is 5.28. The van der Waals surface area contributed by atoms with Crippen LogP contribution in [-0.2, 0) is 9.47 Å². The summed E-state index contributed by atoms with van der Waals surface area (Å²) in [7, 11) is 0. The van der Waals surface area contributed by atoms with Gasteiger partial charge in [0.1, 0.15) is 12.0 Å². The fourth-order valence-electron chi connectivity index (χ4n) is 1.72. The van der Waals surface area contributed by atoms with Gasteiger partial charge in [-0.2, -0.15) is 0 Å². The first-order chi connectivity index (χ1) is 8.59. The molecule has 0 bridgehead atoms. The number of pyridine rings is 1. The molecule has 1 aromatic heterocycles. The third-order valence-electron chi connectivity index (χ3n) is 2.74. The Morgan fingerprint density at radius 1 is 1.50 bits per heavy atom. The first-order valence-electron chi connectivity index (χ1n) is 5.71. The van der Waals surface area contributed by atoms with Crippen molar-refractivity contribution in [2.75, 3.05) is 25.1 Å². The van der Waals surface area contributed by atoms with Gasteiger partial charge in [-0.05, 0) is 13.0 Å². The maximum absolute atomic E-state index is 10.5. The molecule has 0 aromatic carbocycles. The normalized spacial score (nSPS) is 17.6. The quantitative estimate of drug-likeness (QED) is 0.633. The maximum atomic E-state index is 10.5. The Balaban J connectivity index is 1.81. The van der Waals surface area contributed by atoms with Crippen molar-refractivity contribution in [1.29, 1.82) is 0 Å². The molecule has 1 aliphatic heterocycles. The lowest BCUT2D eigenvalue weighted by atomic mass is 10.2. The van der Waals surface area contributed by atoms with Crippen molar-refractivity contribution < 1.29 is 14.4 Å². The van der Waals surface area contributed by atoms with E-state index in [1.54, 1.807) is 6.07 Å². The van der Waals surface area contributed by atoms with Crippen molar-refractivity contribution in [2.45, 2.75) is 19.1 Å². The maximum Gasteiger partial charge on any atom is 0.287 e. The molecule has 0 aliphatic carbocycles. The van der Waals surface area contributed by atoms with Gasteiger partial charge in [0.25, 0.3) is 5.69 Å². The number of aromatic nitrogens is 1. The molecule has 0 amide bonds. The summed E-state index contributed by atoms with van der Waals surface area (Å²) in [6, 6.07) is 3.00. The molecule has 1 saturated heterocycles. The van der Waals surface area contributed by atoms with Gasteiger partial charge in [-0.1, -0.05) is 0 Å². The fraction of sp³-hybridized carbons (Fsp3) is 0.545. The summed E-state index contributed by atoms with van der Waals surface area (Å²) in [4.78, 5) is 13.9. The van der Waals surface area contributed by atoms with Crippen LogP contribution in [0.4, 0.5) is 11.5 Å². The van der Waals surface area contributed by atoms with Crippen LogP contribution in [0.25, 0.3) is 0 Å². The molecule has 18 heavy (non-hydrogen) atoms. The second-order valence-corrected chi connectivity index (χ2v) is 4.17. The topological polar surface area (TPSA) is 86.5 Å². The molecule has 0 unspecified atom stereocenters. The highest BCUT2D eigenvalue weighted by Crippen LogP contribution is 2.22. The van der Waals surface area contributed by atoms with Crippen molar-refractivity contribution in [2.24, 2.45) is 0 Å². The summed E-state index contributed by atoms with van der Waals surface area (Å²) < 4.78 is 10.9. The molecule has 1 fully saturated rings. The Morgan fingerprint density at radius 3 is 2.78 bits per heavy atom. The minimum Gasteiger partial charge on any atom is -0.370 e. The third-order valence-corrected chi connectivity index (χ3v) is 2.74. The molecule has 0 saturated carbocycles. The second-order valence-electron chi connectivity index (χ2n) is 4.17. The number of hydrogen-bond donors (Lipinski definition) is 1. The summed E-state index contributed by atoms with van der Waals surface area (Å²) >= 11 is 0. The Labute approximate surface area is 104 Å². The number of nitrogens with one attached hydrogen (secondary N) is 1. The van der Waals surface area contributed by atoms with Gasteiger partial charge < -0.3 is 14.8 Å². The summed E-state index contributed by atoms with van der Waals surface area (Å²) in [6.45, 7) is 3.75. The molecule has 1 aliphatic rings. The van der Waals surface area contributed by atoms with E-state index in [2.05, 4.69) is 10.3 Å². The molecule has 1 N–H and O–H groups in total. The van der Waals surface area contributed by atoms with Crippen LogP contribution in [0.3, 0.4) is 0 Å². The average Bonchev–Trinajstić information content (AvgIpc) is 2.77. The summed E-state index contributed by atoms with van der Waals surface area (Å²) in [5.74, 6) is 0.0653. The number of nitro groups is 1. The van der Waals surface area contributed by atoms with Crippen LogP contribution in [0.5, 0.6) is 0 Å². The largest absolute Gasteiger partial charge is 0.370 e. The average molecular weight is 253 g/mol. The van der Waals surface area contributed by atoms with Crippen molar-refractivity contribution in [3.63, 3.8) is 0 Å². The van der Waals surface area contributed by atoms with Crippen molar-refractivity contribution in [3.05, 3.63) is 28.4 Å². The number of nitrogens with zero attached hydrogens (tertiary/aromatic N) is 2. The van der Waals surface area contributed by atoms with E-state index in [1.807, 2.05) is 6.92 Å². The lowest BCUT2D eigenvalue weighted by Gasteiger charge is -2.22. The highest BCUT2D eigenvalue weighted by Gasteiger charge is 2.30. The minimum absolute atomic E-state index is 0.0185. The van der Waals surface area contributed by atoms with Crippen LogP contribution in [0.15, 0.2) is 18.3 Å². The van der Waals surface area contributed by atoms with E-state index in [9.17, 15) is 10.1 Å². The van der Waals surface area contributed by atoms with Gasteiger partial charge in [-0.3, -0.25) is 10.1 Å². The third kappa shape index (κ3) is 3.14. The zero-order valence-corrected chi connectivity index (χ0v) is 10.1. The van der Waals surface area contributed by atoms with Crippen LogP contribution in [-0.4, -0.2) is 35.5 Å². The molecule has 2 rings (SSSR count). The van der Waals surface area contributed by atoms with Gasteiger partial charge in [0.15, 0.2) is 5.79 Å². The van der Waals surface area contributed by atoms with Gasteiger partial charge >= 0.3 is 0 Å². The lowest BCUT2D eigenvalue weighted by molar-refractivity contribution is -0.385. The Bertz CT molecular complexity index is 415. The fourth-order valence-corrected chi connectivity index (χ4v) is 1.72. The summed E-state index contributed by atoms with van der Waals surface area (Å²) in [5, 5.41) is 13.5. The highest BCUT2D eigenvalue weighted by molar-refractivity contribution is 5.39. The molecule has 2 heterocycles. The van der Waals surface area contributed by atoms with Crippen molar-refractivity contribution in [1.82, 2.24) is 4.98 Å². The van der Waals surface area contributed by atoms with Gasteiger partial charge in [0, 0.05) is 19.0 Å². The molecule has 0 spiro atoms. The summed E-state index contributed by atoms with van der Waals surface area (Å²) in [6.07, 6.45) is 1.91. The van der Waals surface area contributed by atoms with Crippen LogP contribution >= 0.6 is 0 Å². The monoisotopic (exact) mass is 253 g/mol. The van der Waals surface area contributed by atoms with Gasteiger partial charge in [0.05, 0.1) is 18.1 Å². The molecule has 7 nitrogen and oxygen atoms in total. The van der Waals surface area contributed by atoms with Crippen LogP contribution in [0.2, 0.25) is 0 Å². The number of anilines is 1. The van der Waals surface area contributed by atoms with E-state index in [0.29, 0.717) is 32.0 Å². The molecule has 0 atom stereocenters. The molecule has 98 valence electrons. The standard InChI is InChI=1S/C11H15N3O4/c1-11(17-6-7-18-11)4-5-12-10-3-2-9(8-13-10)14(15)16/h2-3,8H,4-7H2,1H3,(H,12,13). The Kier molecular flexibility index (Phi) is 3.73. The van der Waals surface area contributed by atoms with E-state index in [1.165, 1.54) is 12.3 Å². The zero-order valence-electron chi connectivity index (χ0n) is 10.1. The van der Waals surface area contributed by atoms with E-state index in [0.717, 1.165) is 0 Å². The van der Waals surface area contributed by atoms with Crippen LogP contribution < -0.4 is 5.32 Å². The minimum atomic E-state index is -0.534. The SMILES string of the molecule is CC1(CCNc2ccc([N+](=O)[O-])cn2)OCCO1. The van der Waals surface area contributed by atoms with Crippen LogP contribution in [0.1, 0.15) is 13.3 Å². The molecule has 1 aromatic rings. The lowest BCUT2D eigenvalue weighted by Crippen LogP contribution is -2.28. The molecule has 0 radical (unpaired) electrons. The highest BCUT2D eigenvalue weighted by atomic mass is 16.7. The molecular weight excluding hydrogens is 238 g/mol. The van der Waals surface area contributed by atoms with Gasteiger partial charge in [-0.25, -0.2) is 4.98 Å². The predicted molar refractivity (Wildman–Crippen MR) is 64.3 cm³/mol. The van der Waals surface area contributed by atoms with E-state index in [4.69, 9.17) is 9.47 Å². The van der Waals surface area contributed by atoms with E-state index < -0.39 is 10.7 Å². The van der Waals surface area contributed by atoms with E-state index in [-0.39, 0.29) is 5.69 Å². The van der Waals surface area contributed by atoms with Crippen molar-refractivity contribution >= 4 is 11.5 Å².